The van der Waals surface area contributed by atoms with E-state index in [2.05, 4.69) is 10.3 Å². The number of nitrogens with one attached hydrogen (secondary N) is 1. The van der Waals surface area contributed by atoms with E-state index in [0.29, 0.717) is 15.8 Å². The fraction of sp³-hybridized carbons (Fsp3) is 0.150. The highest BCUT2D eigenvalue weighted by Crippen LogP contribution is 2.29. The van der Waals surface area contributed by atoms with Crippen molar-refractivity contribution in [2.24, 2.45) is 4.99 Å². The van der Waals surface area contributed by atoms with Gasteiger partial charge in [0.15, 0.2) is 11.3 Å². The van der Waals surface area contributed by atoms with E-state index in [1.54, 1.807) is 30.3 Å². The molecule has 0 bridgehead atoms. The molecular weight excluding hydrogens is 364 g/mol. The number of benzene rings is 2. The number of nitrogens with zero attached hydrogens (tertiary/aromatic N) is 1. The number of aliphatic carboxylic acids is 1. The number of carbonyl (C=O) groups excluding carboxylic acids is 1. The summed E-state index contributed by atoms with van der Waals surface area (Å²) in [4.78, 5) is 28.0. The maximum Gasteiger partial charge on any atom is 0.344 e. The molecule has 0 aromatic heterocycles. The van der Waals surface area contributed by atoms with Gasteiger partial charge in [-0.3, -0.25) is 4.79 Å². The van der Waals surface area contributed by atoms with Crippen LogP contribution in [0, 0.1) is 6.92 Å². The molecule has 27 heavy (non-hydrogen) atoms. The Morgan fingerprint density at radius 1 is 1.22 bits per heavy atom. The Bertz CT molecular complexity index is 935. The second-order valence-corrected chi connectivity index (χ2v) is 6.97. The zero-order valence-electron chi connectivity index (χ0n) is 14.8. The summed E-state index contributed by atoms with van der Waals surface area (Å²) >= 11 is 1.28. The molecule has 0 spiro atoms. The van der Waals surface area contributed by atoms with Crippen LogP contribution in [0.25, 0.3) is 6.08 Å². The number of amides is 1. The van der Waals surface area contributed by atoms with E-state index in [9.17, 15) is 9.59 Å². The normalized spacial score (nSPS) is 17.8. The summed E-state index contributed by atoms with van der Waals surface area (Å²) in [5.74, 6) is -0.773. The molecule has 0 radical (unpaired) electrons. The molecule has 1 atom stereocenters. The number of carboxylic acid groups (broad SMARTS) is 1. The van der Waals surface area contributed by atoms with Crippen molar-refractivity contribution in [3.8, 4) is 5.75 Å². The smallest absolute Gasteiger partial charge is 0.344 e. The molecule has 1 aliphatic rings. The summed E-state index contributed by atoms with van der Waals surface area (Å²) in [6.45, 7) is 3.43. The van der Waals surface area contributed by atoms with Crippen molar-refractivity contribution >= 4 is 40.6 Å². The maximum atomic E-state index is 12.2. The largest absolute Gasteiger partial charge is 0.479 e. The SMILES string of the molecule is Cc1ccccc1N=C1NC(=O)/C(=C\c2ccc(OC(C)C(=O)O)cc2)S1. The van der Waals surface area contributed by atoms with Gasteiger partial charge in [0.25, 0.3) is 5.91 Å². The molecule has 6 nitrogen and oxygen atoms in total. The van der Waals surface area contributed by atoms with Gasteiger partial charge in [-0.25, -0.2) is 9.79 Å². The van der Waals surface area contributed by atoms with Crippen molar-refractivity contribution in [1.82, 2.24) is 5.32 Å². The lowest BCUT2D eigenvalue weighted by atomic mass is 10.2. The Labute approximate surface area is 161 Å². The van der Waals surface area contributed by atoms with Gasteiger partial charge in [-0.15, -0.1) is 0 Å². The monoisotopic (exact) mass is 382 g/mol. The van der Waals surface area contributed by atoms with Crippen LogP contribution < -0.4 is 10.1 Å². The standard InChI is InChI=1S/C20H18N2O4S/c1-12-5-3-4-6-16(12)21-20-22-18(23)17(27-20)11-14-7-9-15(10-8-14)26-13(2)19(24)25/h3-11,13H,1-2H3,(H,24,25)(H,21,22,23)/b17-11+. The average Bonchev–Trinajstić information content (AvgIpc) is 2.97. The number of hydrogen-bond acceptors (Lipinski definition) is 5. The number of rotatable bonds is 5. The third kappa shape index (κ3) is 4.77. The summed E-state index contributed by atoms with van der Waals surface area (Å²) in [6, 6.07) is 14.6. The van der Waals surface area contributed by atoms with Gasteiger partial charge in [-0.1, -0.05) is 30.3 Å². The highest BCUT2D eigenvalue weighted by molar-refractivity contribution is 8.18. The molecule has 0 aliphatic carbocycles. The number of carboxylic acids is 1. The van der Waals surface area contributed by atoms with Crippen LogP contribution in [0.15, 0.2) is 58.4 Å². The first-order valence-corrected chi connectivity index (χ1v) is 9.09. The number of para-hydroxylation sites is 1. The van der Waals surface area contributed by atoms with Crippen LogP contribution in [0.2, 0.25) is 0 Å². The van der Waals surface area contributed by atoms with Crippen LogP contribution in [0.3, 0.4) is 0 Å². The van der Waals surface area contributed by atoms with E-state index >= 15 is 0 Å². The number of ether oxygens (including phenoxy) is 1. The van der Waals surface area contributed by atoms with E-state index in [1.807, 2.05) is 31.2 Å². The summed E-state index contributed by atoms with van der Waals surface area (Å²) in [5, 5.41) is 12.2. The Kier molecular flexibility index (Phi) is 5.61. The lowest BCUT2D eigenvalue weighted by Crippen LogP contribution is -2.22. The Morgan fingerprint density at radius 2 is 1.93 bits per heavy atom. The van der Waals surface area contributed by atoms with Gasteiger partial charge in [0.1, 0.15) is 5.75 Å². The second-order valence-electron chi connectivity index (χ2n) is 5.94. The van der Waals surface area contributed by atoms with Crippen molar-refractivity contribution in [3.05, 3.63) is 64.6 Å². The van der Waals surface area contributed by atoms with E-state index in [-0.39, 0.29) is 5.91 Å². The molecule has 1 aliphatic heterocycles. The van der Waals surface area contributed by atoms with Crippen LogP contribution in [0.4, 0.5) is 5.69 Å². The van der Waals surface area contributed by atoms with Crippen LogP contribution >= 0.6 is 11.8 Å². The summed E-state index contributed by atoms with van der Waals surface area (Å²) in [5.41, 5.74) is 2.65. The molecule has 7 heteroatoms. The highest BCUT2D eigenvalue weighted by atomic mass is 32.2. The minimum atomic E-state index is -1.03. The number of carbonyl (C=O) groups is 2. The number of aryl methyl sites for hydroxylation is 1. The lowest BCUT2D eigenvalue weighted by Gasteiger charge is -2.10. The minimum Gasteiger partial charge on any atom is -0.479 e. The topological polar surface area (TPSA) is 88.0 Å². The molecule has 3 rings (SSSR count). The van der Waals surface area contributed by atoms with E-state index in [1.165, 1.54) is 18.7 Å². The summed E-state index contributed by atoms with van der Waals surface area (Å²) < 4.78 is 5.29. The molecule has 138 valence electrons. The molecule has 1 unspecified atom stereocenters. The van der Waals surface area contributed by atoms with E-state index < -0.39 is 12.1 Å². The Balaban J connectivity index is 1.73. The quantitative estimate of drug-likeness (QED) is 0.769. The first-order chi connectivity index (χ1) is 12.9. The molecule has 1 saturated heterocycles. The van der Waals surface area contributed by atoms with Crippen molar-refractivity contribution in [3.63, 3.8) is 0 Å². The number of thioether (sulfide) groups is 1. The molecule has 1 fully saturated rings. The molecular formula is C20H18N2O4S. The van der Waals surface area contributed by atoms with Crippen molar-refractivity contribution < 1.29 is 19.4 Å². The first kappa shape index (κ1) is 18.7. The minimum absolute atomic E-state index is 0.202. The average molecular weight is 382 g/mol. The molecule has 2 aromatic carbocycles. The Hall–Kier alpha value is -3.06. The van der Waals surface area contributed by atoms with Gasteiger partial charge in [0, 0.05) is 0 Å². The predicted octanol–water partition coefficient (Wildman–Crippen LogP) is 3.74. The summed E-state index contributed by atoms with van der Waals surface area (Å²) in [6.07, 6.45) is 0.829. The van der Waals surface area contributed by atoms with Gasteiger partial charge in [0.2, 0.25) is 0 Å². The van der Waals surface area contributed by atoms with Gasteiger partial charge >= 0.3 is 5.97 Å². The lowest BCUT2D eigenvalue weighted by molar-refractivity contribution is -0.144. The highest BCUT2D eigenvalue weighted by Gasteiger charge is 2.24. The maximum absolute atomic E-state index is 12.2. The molecule has 2 aromatic rings. The van der Waals surface area contributed by atoms with Crippen LogP contribution in [0.5, 0.6) is 5.75 Å². The summed E-state index contributed by atoms with van der Waals surface area (Å²) in [7, 11) is 0. The van der Waals surface area contributed by atoms with Crippen LogP contribution in [0.1, 0.15) is 18.1 Å². The zero-order valence-corrected chi connectivity index (χ0v) is 15.6. The zero-order chi connectivity index (χ0) is 19.4. The van der Waals surface area contributed by atoms with Crippen LogP contribution in [-0.2, 0) is 9.59 Å². The van der Waals surface area contributed by atoms with Crippen molar-refractivity contribution in [2.75, 3.05) is 0 Å². The van der Waals surface area contributed by atoms with Gasteiger partial charge in [-0.2, -0.15) is 0 Å². The molecule has 1 amide bonds. The predicted molar refractivity (Wildman–Crippen MR) is 106 cm³/mol. The van der Waals surface area contributed by atoms with E-state index in [4.69, 9.17) is 9.84 Å². The number of amidine groups is 1. The van der Waals surface area contributed by atoms with Crippen LogP contribution in [-0.4, -0.2) is 28.3 Å². The molecule has 0 saturated carbocycles. The third-order valence-corrected chi connectivity index (χ3v) is 4.74. The number of aliphatic imine (C=N–C) groups is 1. The fourth-order valence-electron chi connectivity index (χ4n) is 2.33. The van der Waals surface area contributed by atoms with Gasteiger partial charge in [-0.05, 0) is 61.0 Å². The second kappa shape index (κ2) is 8.09. The first-order valence-electron chi connectivity index (χ1n) is 8.27. The fourth-order valence-corrected chi connectivity index (χ4v) is 3.16. The Morgan fingerprint density at radius 3 is 2.59 bits per heavy atom. The van der Waals surface area contributed by atoms with Gasteiger partial charge in [0.05, 0.1) is 10.6 Å². The molecule has 2 N–H and O–H groups in total. The van der Waals surface area contributed by atoms with E-state index in [0.717, 1.165) is 16.8 Å². The van der Waals surface area contributed by atoms with Gasteiger partial charge < -0.3 is 15.2 Å². The number of hydrogen-bond donors (Lipinski definition) is 2. The van der Waals surface area contributed by atoms with Crippen molar-refractivity contribution in [1.29, 1.82) is 0 Å². The third-order valence-electron chi connectivity index (χ3n) is 3.83. The molecule has 1 heterocycles. The van der Waals surface area contributed by atoms with Crippen molar-refractivity contribution in [2.45, 2.75) is 20.0 Å².